The molecule has 0 radical (unpaired) electrons. The molecule has 2 rings (SSSR count). The van der Waals surface area contributed by atoms with Gasteiger partial charge in [0.15, 0.2) is 0 Å². The third-order valence-electron chi connectivity index (χ3n) is 2.64. The van der Waals surface area contributed by atoms with Gasteiger partial charge in [0.05, 0.1) is 0 Å². The van der Waals surface area contributed by atoms with E-state index in [-0.39, 0.29) is 0 Å². The molecule has 2 heteroatoms. The van der Waals surface area contributed by atoms with Gasteiger partial charge in [0.1, 0.15) is 0 Å². The number of hydrogen-bond acceptors (Lipinski definition) is 2. The summed E-state index contributed by atoms with van der Waals surface area (Å²) in [6, 6.07) is 8.68. The molecule has 15 heavy (non-hydrogen) atoms. The lowest BCUT2D eigenvalue weighted by atomic mass is 10.0. The Morgan fingerprint density at radius 1 is 1.47 bits per heavy atom. The summed E-state index contributed by atoms with van der Waals surface area (Å²) >= 11 is 1.96. The summed E-state index contributed by atoms with van der Waals surface area (Å²) in [6.45, 7) is 1.98. The molecule has 1 atom stereocenters. The first-order valence-corrected chi connectivity index (χ1v) is 6.26. The average molecular weight is 217 g/mol. The maximum atomic E-state index is 5.21. The molecule has 1 aliphatic heterocycles. The maximum Gasteiger partial charge on any atom is 0.0211 e. The van der Waals surface area contributed by atoms with Crippen LogP contribution in [0.5, 0.6) is 0 Å². The van der Waals surface area contributed by atoms with Crippen LogP contribution in [0.15, 0.2) is 29.2 Å². The van der Waals surface area contributed by atoms with Crippen LogP contribution in [0.1, 0.15) is 17.9 Å². The van der Waals surface area contributed by atoms with Crippen LogP contribution in [0.4, 0.5) is 0 Å². The molecular formula is C13H15NS. The van der Waals surface area contributed by atoms with Crippen molar-refractivity contribution in [1.82, 2.24) is 5.32 Å². The number of benzene rings is 1. The van der Waals surface area contributed by atoms with Crippen LogP contribution < -0.4 is 5.32 Å². The molecule has 0 saturated heterocycles. The second-order valence-corrected chi connectivity index (χ2v) is 4.77. The Kier molecular flexibility index (Phi) is 3.71. The van der Waals surface area contributed by atoms with Crippen LogP contribution in [0.25, 0.3) is 0 Å². The maximum absolute atomic E-state index is 5.21. The number of nitrogens with one attached hydrogen (secondary N) is 1. The summed E-state index contributed by atoms with van der Waals surface area (Å²) in [4.78, 5) is 1.45. The van der Waals surface area contributed by atoms with Crippen LogP contribution in [0, 0.1) is 12.3 Å². The monoisotopic (exact) mass is 217 g/mol. The van der Waals surface area contributed by atoms with Crippen molar-refractivity contribution in [2.24, 2.45) is 0 Å². The SMILES string of the molecule is C#CCCNCC1CSc2ccccc21. The van der Waals surface area contributed by atoms with Crippen LogP contribution in [0.3, 0.4) is 0 Å². The molecule has 1 N–H and O–H groups in total. The minimum Gasteiger partial charge on any atom is -0.315 e. The van der Waals surface area contributed by atoms with E-state index >= 15 is 0 Å². The third kappa shape index (κ3) is 2.56. The molecule has 0 aromatic heterocycles. The van der Waals surface area contributed by atoms with E-state index < -0.39 is 0 Å². The molecule has 1 heterocycles. The van der Waals surface area contributed by atoms with E-state index in [9.17, 15) is 0 Å². The van der Waals surface area contributed by atoms with E-state index in [0.29, 0.717) is 5.92 Å². The lowest BCUT2D eigenvalue weighted by Crippen LogP contribution is -2.22. The summed E-state index contributed by atoms with van der Waals surface area (Å²) in [6.07, 6.45) is 6.03. The molecule has 1 nitrogen and oxygen atoms in total. The summed E-state index contributed by atoms with van der Waals surface area (Å²) < 4.78 is 0. The lowest BCUT2D eigenvalue weighted by molar-refractivity contribution is 0.629. The van der Waals surface area contributed by atoms with Gasteiger partial charge in [-0.05, 0) is 11.6 Å². The smallest absolute Gasteiger partial charge is 0.0211 e. The highest BCUT2D eigenvalue weighted by Gasteiger charge is 2.21. The molecule has 0 saturated carbocycles. The zero-order valence-electron chi connectivity index (χ0n) is 8.70. The van der Waals surface area contributed by atoms with Crippen molar-refractivity contribution < 1.29 is 0 Å². The normalized spacial score (nSPS) is 18.5. The van der Waals surface area contributed by atoms with Gasteiger partial charge in [-0.2, -0.15) is 0 Å². The number of fused-ring (bicyclic) bond motifs is 1. The van der Waals surface area contributed by atoms with Crippen LogP contribution in [-0.2, 0) is 0 Å². The molecule has 1 unspecified atom stereocenters. The number of terminal acetylenes is 1. The largest absolute Gasteiger partial charge is 0.315 e. The summed E-state index contributed by atoms with van der Waals surface area (Å²) in [5.74, 6) is 4.50. The quantitative estimate of drug-likeness (QED) is 0.614. The summed E-state index contributed by atoms with van der Waals surface area (Å²) in [5, 5.41) is 3.41. The van der Waals surface area contributed by atoms with Crippen molar-refractivity contribution in [2.75, 3.05) is 18.8 Å². The van der Waals surface area contributed by atoms with Crippen molar-refractivity contribution in [3.63, 3.8) is 0 Å². The third-order valence-corrected chi connectivity index (χ3v) is 3.89. The van der Waals surface area contributed by atoms with Crippen molar-refractivity contribution in [3.05, 3.63) is 29.8 Å². The van der Waals surface area contributed by atoms with E-state index in [2.05, 4.69) is 35.5 Å². The molecule has 0 aliphatic carbocycles. The van der Waals surface area contributed by atoms with Gasteiger partial charge in [0, 0.05) is 36.1 Å². The average Bonchev–Trinajstić information content (AvgIpc) is 2.68. The fourth-order valence-corrected chi connectivity index (χ4v) is 3.09. The summed E-state index contributed by atoms with van der Waals surface area (Å²) in [5.41, 5.74) is 1.50. The highest BCUT2D eigenvalue weighted by Crippen LogP contribution is 2.38. The Hall–Kier alpha value is -0.910. The zero-order valence-corrected chi connectivity index (χ0v) is 9.52. The van der Waals surface area contributed by atoms with Crippen LogP contribution in [0.2, 0.25) is 0 Å². The topological polar surface area (TPSA) is 12.0 Å². The molecule has 0 fully saturated rings. The number of hydrogen-bond donors (Lipinski definition) is 1. The lowest BCUT2D eigenvalue weighted by Gasteiger charge is -2.10. The van der Waals surface area contributed by atoms with Crippen molar-refractivity contribution >= 4 is 11.8 Å². The molecule has 0 spiro atoms. The van der Waals surface area contributed by atoms with E-state index in [1.807, 2.05) is 11.8 Å². The molecule has 1 aromatic rings. The fourth-order valence-electron chi connectivity index (χ4n) is 1.84. The van der Waals surface area contributed by atoms with Crippen molar-refractivity contribution in [3.8, 4) is 12.3 Å². The fraction of sp³-hybridized carbons (Fsp3) is 0.385. The minimum absolute atomic E-state index is 0.656. The highest BCUT2D eigenvalue weighted by molar-refractivity contribution is 7.99. The molecule has 0 amide bonds. The molecule has 78 valence electrons. The predicted molar refractivity (Wildman–Crippen MR) is 66.2 cm³/mol. The first-order chi connectivity index (χ1) is 7.42. The van der Waals surface area contributed by atoms with E-state index in [0.717, 1.165) is 19.5 Å². The van der Waals surface area contributed by atoms with Crippen LogP contribution >= 0.6 is 11.8 Å². The van der Waals surface area contributed by atoms with Gasteiger partial charge in [-0.1, -0.05) is 18.2 Å². The van der Waals surface area contributed by atoms with Gasteiger partial charge in [-0.25, -0.2) is 0 Å². The molecule has 0 bridgehead atoms. The molecule has 1 aliphatic rings. The number of thioether (sulfide) groups is 1. The first-order valence-electron chi connectivity index (χ1n) is 5.27. The van der Waals surface area contributed by atoms with E-state index in [4.69, 9.17) is 6.42 Å². The highest BCUT2D eigenvalue weighted by atomic mass is 32.2. The zero-order chi connectivity index (χ0) is 10.5. The Morgan fingerprint density at radius 3 is 3.20 bits per heavy atom. The van der Waals surface area contributed by atoms with Gasteiger partial charge < -0.3 is 5.32 Å². The van der Waals surface area contributed by atoms with Gasteiger partial charge in [0.25, 0.3) is 0 Å². The Morgan fingerprint density at radius 2 is 2.33 bits per heavy atom. The predicted octanol–water partition coefficient (Wildman–Crippen LogP) is 2.49. The number of rotatable bonds is 4. The molecular weight excluding hydrogens is 202 g/mol. The van der Waals surface area contributed by atoms with Gasteiger partial charge in [-0.3, -0.25) is 0 Å². The second-order valence-electron chi connectivity index (χ2n) is 3.70. The minimum atomic E-state index is 0.656. The first kappa shape index (κ1) is 10.6. The summed E-state index contributed by atoms with van der Waals surface area (Å²) in [7, 11) is 0. The second kappa shape index (κ2) is 5.25. The van der Waals surface area contributed by atoms with Gasteiger partial charge in [-0.15, -0.1) is 24.1 Å². The van der Waals surface area contributed by atoms with Gasteiger partial charge in [0.2, 0.25) is 0 Å². The standard InChI is InChI=1S/C13H15NS/c1-2-3-8-14-9-11-10-15-13-7-5-4-6-12(11)13/h1,4-7,11,14H,3,8-10H2. The Bertz CT molecular complexity index is 367. The Balaban J connectivity index is 1.88. The van der Waals surface area contributed by atoms with Crippen molar-refractivity contribution in [2.45, 2.75) is 17.2 Å². The van der Waals surface area contributed by atoms with Gasteiger partial charge >= 0.3 is 0 Å². The van der Waals surface area contributed by atoms with E-state index in [1.54, 1.807) is 0 Å². The van der Waals surface area contributed by atoms with Crippen molar-refractivity contribution in [1.29, 1.82) is 0 Å². The van der Waals surface area contributed by atoms with Crippen LogP contribution in [-0.4, -0.2) is 18.8 Å². The molecule has 1 aromatic carbocycles. The Labute approximate surface area is 95.7 Å². The van der Waals surface area contributed by atoms with E-state index in [1.165, 1.54) is 16.2 Å².